The summed E-state index contributed by atoms with van der Waals surface area (Å²) in [6, 6.07) is 3.75. The van der Waals surface area contributed by atoms with E-state index in [1.807, 2.05) is 0 Å². The normalized spacial score (nSPS) is 11.6. The quantitative estimate of drug-likeness (QED) is 0.788. The molecule has 3 aromatic heterocycles. The van der Waals surface area contributed by atoms with Gasteiger partial charge in [0, 0.05) is 25.5 Å². The van der Waals surface area contributed by atoms with Gasteiger partial charge in [0.2, 0.25) is 0 Å². The number of aromatic nitrogens is 5. The molecular weight excluding hydrogens is 337 g/mol. The van der Waals surface area contributed by atoms with Crippen molar-refractivity contribution < 1.29 is 18.0 Å². The molecule has 0 fully saturated rings. The highest BCUT2D eigenvalue weighted by molar-refractivity contribution is 6.04. The Balaban J connectivity index is 1.84. The Morgan fingerprint density at radius 2 is 1.96 bits per heavy atom. The third-order valence-electron chi connectivity index (χ3n) is 3.50. The van der Waals surface area contributed by atoms with E-state index in [-0.39, 0.29) is 11.4 Å². The average Bonchev–Trinajstić information content (AvgIpc) is 3.12. The highest BCUT2D eigenvalue weighted by atomic mass is 19.4. The van der Waals surface area contributed by atoms with Gasteiger partial charge in [-0.05, 0) is 19.1 Å². The van der Waals surface area contributed by atoms with Crippen LogP contribution in [0.1, 0.15) is 21.6 Å². The van der Waals surface area contributed by atoms with E-state index in [9.17, 15) is 18.0 Å². The molecule has 0 atom stereocenters. The van der Waals surface area contributed by atoms with Crippen LogP contribution in [0.3, 0.4) is 0 Å². The van der Waals surface area contributed by atoms with E-state index in [0.29, 0.717) is 11.5 Å². The molecule has 0 aliphatic carbocycles. The molecule has 0 saturated heterocycles. The lowest BCUT2D eigenvalue weighted by atomic mass is 10.2. The van der Waals surface area contributed by atoms with Gasteiger partial charge in [-0.3, -0.25) is 9.48 Å². The molecule has 1 amide bonds. The van der Waals surface area contributed by atoms with Crippen LogP contribution in [0.15, 0.2) is 36.8 Å². The zero-order valence-electron chi connectivity index (χ0n) is 13.2. The molecule has 3 heterocycles. The van der Waals surface area contributed by atoms with E-state index >= 15 is 0 Å². The summed E-state index contributed by atoms with van der Waals surface area (Å²) in [5.41, 5.74) is -0.137. The second-order valence-electron chi connectivity index (χ2n) is 5.29. The fourth-order valence-corrected chi connectivity index (χ4v) is 2.21. The van der Waals surface area contributed by atoms with Gasteiger partial charge in [-0.2, -0.15) is 23.4 Å². The van der Waals surface area contributed by atoms with Crippen LogP contribution in [0.25, 0.3) is 5.82 Å². The number of rotatable bonds is 3. The predicted octanol–water partition coefficient (Wildman–Crippen LogP) is 2.58. The molecule has 1 N–H and O–H groups in total. The second-order valence-corrected chi connectivity index (χ2v) is 5.29. The van der Waals surface area contributed by atoms with Crippen LogP contribution in [-0.4, -0.2) is 30.5 Å². The SMILES string of the molecule is Cc1c(C(=O)Nc2ccn(C)n2)cnn1-c1ccc(C(F)(F)F)cn1. The van der Waals surface area contributed by atoms with Gasteiger partial charge < -0.3 is 5.32 Å². The number of carbonyl (C=O) groups is 1. The van der Waals surface area contributed by atoms with Gasteiger partial charge in [0.05, 0.1) is 23.0 Å². The number of halogens is 3. The van der Waals surface area contributed by atoms with Crippen LogP contribution in [0.5, 0.6) is 0 Å². The van der Waals surface area contributed by atoms with Crippen molar-refractivity contribution in [2.75, 3.05) is 5.32 Å². The Bertz CT molecular complexity index is 910. The number of alkyl halides is 3. The van der Waals surface area contributed by atoms with Crippen LogP contribution in [0, 0.1) is 6.92 Å². The number of amides is 1. The highest BCUT2D eigenvalue weighted by Gasteiger charge is 2.30. The Kier molecular flexibility index (Phi) is 4.03. The summed E-state index contributed by atoms with van der Waals surface area (Å²) in [4.78, 5) is 16.1. The number of pyridine rings is 1. The highest BCUT2D eigenvalue weighted by Crippen LogP contribution is 2.28. The molecule has 3 rings (SSSR count). The fourth-order valence-electron chi connectivity index (χ4n) is 2.21. The smallest absolute Gasteiger partial charge is 0.305 e. The summed E-state index contributed by atoms with van der Waals surface area (Å²) in [5.74, 6) is 0.143. The second kappa shape index (κ2) is 6.04. The molecule has 0 saturated carbocycles. The van der Waals surface area contributed by atoms with Gasteiger partial charge in [0.1, 0.15) is 0 Å². The number of nitrogens with zero attached hydrogens (tertiary/aromatic N) is 5. The first-order chi connectivity index (χ1) is 11.8. The Morgan fingerprint density at radius 3 is 2.52 bits per heavy atom. The lowest BCUT2D eigenvalue weighted by molar-refractivity contribution is -0.137. The zero-order valence-corrected chi connectivity index (χ0v) is 13.2. The van der Waals surface area contributed by atoms with Crippen molar-refractivity contribution in [3.63, 3.8) is 0 Å². The molecule has 0 unspecified atom stereocenters. The van der Waals surface area contributed by atoms with Gasteiger partial charge in [-0.15, -0.1) is 0 Å². The van der Waals surface area contributed by atoms with Gasteiger partial charge >= 0.3 is 6.18 Å². The van der Waals surface area contributed by atoms with Gasteiger partial charge in [-0.1, -0.05) is 0 Å². The van der Waals surface area contributed by atoms with E-state index in [1.54, 1.807) is 26.2 Å². The lowest BCUT2D eigenvalue weighted by Crippen LogP contribution is -2.14. The van der Waals surface area contributed by atoms with E-state index < -0.39 is 17.6 Å². The van der Waals surface area contributed by atoms with Crippen LogP contribution >= 0.6 is 0 Å². The van der Waals surface area contributed by atoms with Gasteiger partial charge in [-0.25, -0.2) is 9.67 Å². The Hall–Kier alpha value is -3.17. The summed E-state index contributed by atoms with van der Waals surface area (Å²) in [7, 11) is 1.72. The van der Waals surface area contributed by atoms with Crippen molar-refractivity contribution in [3.05, 3.63) is 53.6 Å². The summed E-state index contributed by atoms with van der Waals surface area (Å²) in [6.07, 6.45) is -0.729. The monoisotopic (exact) mass is 350 g/mol. The lowest BCUT2D eigenvalue weighted by Gasteiger charge is -2.08. The molecule has 0 aliphatic heterocycles. The van der Waals surface area contributed by atoms with Crippen LogP contribution in [0.2, 0.25) is 0 Å². The molecule has 130 valence electrons. The molecular formula is C15H13F3N6O. The van der Waals surface area contributed by atoms with Crippen LogP contribution in [-0.2, 0) is 13.2 Å². The Labute approximate surface area is 140 Å². The van der Waals surface area contributed by atoms with Crippen LogP contribution in [0.4, 0.5) is 19.0 Å². The third kappa shape index (κ3) is 3.37. The minimum absolute atomic E-state index is 0.183. The Morgan fingerprint density at radius 1 is 1.20 bits per heavy atom. The molecule has 0 radical (unpaired) electrons. The molecule has 3 aromatic rings. The van der Waals surface area contributed by atoms with Crippen molar-refractivity contribution in [1.82, 2.24) is 24.5 Å². The van der Waals surface area contributed by atoms with E-state index in [4.69, 9.17) is 0 Å². The maximum absolute atomic E-state index is 12.6. The molecule has 0 spiro atoms. The minimum Gasteiger partial charge on any atom is -0.305 e. The summed E-state index contributed by atoms with van der Waals surface area (Å²) in [6.45, 7) is 1.62. The summed E-state index contributed by atoms with van der Waals surface area (Å²) < 4.78 is 40.6. The number of carbonyl (C=O) groups excluding carboxylic acids is 1. The topological polar surface area (TPSA) is 77.6 Å². The van der Waals surface area contributed by atoms with Crippen molar-refractivity contribution in [2.24, 2.45) is 7.05 Å². The molecule has 0 aliphatic rings. The number of anilines is 1. The van der Waals surface area contributed by atoms with E-state index in [1.165, 1.54) is 21.6 Å². The first kappa shape index (κ1) is 16.7. The zero-order chi connectivity index (χ0) is 18.2. The standard InChI is InChI=1S/C15H13F3N6O/c1-9-11(14(25)21-12-5-6-23(2)22-12)8-20-24(9)13-4-3-10(7-19-13)15(16,17)18/h3-8H,1-2H3,(H,21,22,25). The molecule has 0 bridgehead atoms. The number of nitrogens with one attached hydrogen (secondary N) is 1. The maximum Gasteiger partial charge on any atom is 0.417 e. The van der Waals surface area contributed by atoms with Crippen molar-refractivity contribution >= 4 is 11.7 Å². The molecule has 0 aromatic carbocycles. The fraction of sp³-hybridized carbons (Fsp3) is 0.200. The van der Waals surface area contributed by atoms with E-state index in [0.717, 1.165) is 12.3 Å². The molecule has 7 nitrogen and oxygen atoms in total. The largest absolute Gasteiger partial charge is 0.417 e. The first-order valence-corrected chi connectivity index (χ1v) is 7.15. The van der Waals surface area contributed by atoms with Crippen molar-refractivity contribution in [3.8, 4) is 5.82 Å². The average molecular weight is 350 g/mol. The van der Waals surface area contributed by atoms with Crippen molar-refractivity contribution in [2.45, 2.75) is 13.1 Å². The third-order valence-corrected chi connectivity index (χ3v) is 3.50. The minimum atomic E-state index is -4.46. The van der Waals surface area contributed by atoms with Gasteiger partial charge in [0.25, 0.3) is 5.91 Å². The summed E-state index contributed by atoms with van der Waals surface area (Å²) in [5, 5.41) is 10.7. The predicted molar refractivity (Wildman–Crippen MR) is 82.3 cm³/mol. The molecule has 10 heteroatoms. The number of hydrogen-bond donors (Lipinski definition) is 1. The maximum atomic E-state index is 12.6. The number of aryl methyl sites for hydroxylation is 1. The number of hydrogen-bond acceptors (Lipinski definition) is 4. The van der Waals surface area contributed by atoms with E-state index in [2.05, 4.69) is 20.5 Å². The van der Waals surface area contributed by atoms with Crippen LogP contribution < -0.4 is 5.32 Å². The van der Waals surface area contributed by atoms with Gasteiger partial charge in [0.15, 0.2) is 11.6 Å². The molecule has 25 heavy (non-hydrogen) atoms. The van der Waals surface area contributed by atoms with Crippen molar-refractivity contribution in [1.29, 1.82) is 0 Å². The summed E-state index contributed by atoms with van der Waals surface area (Å²) >= 11 is 0. The first-order valence-electron chi connectivity index (χ1n) is 7.15.